The lowest BCUT2D eigenvalue weighted by Gasteiger charge is -2.14. The highest BCUT2D eigenvalue weighted by atomic mass is 32.1. The summed E-state index contributed by atoms with van der Waals surface area (Å²) in [6.45, 7) is 1.68. The first kappa shape index (κ1) is 16.2. The van der Waals surface area contributed by atoms with Crippen molar-refractivity contribution < 1.29 is 14.3 Å². The number of ether oxygens (including phenoxy) is 1. The molecule has 0 saturated carbocycles. The largest absolute Gasteiger partial charge is 0.452 e. The second-order valence-corrected chi connectivity index (χ2v) is 7.58. The maximum atomic E-state index is 12.2. The molecule has 2 aromatic rings. The molecule has 122 valence electrons. The number of esters is 1. The van der Waals surface area contributed by atoms with Crippen LogP contribution in [0, 0.1) is 0 Å². The lowest BCUT2D eigenvalue weighted by Crippen LogP contribution is -2.30. The van der Waals surface area contributed by atoms with E-state index in [0.717, 1.165) is 29.7 Å². The van der Waals surface area contributed by atoms with E-state index in [1.165, 1.54) is 11.3 Å². The van der Waals surface area contributed by atoms with E-state index in [1.54, 1.807) is 22.7 Å². The van der Waals surface area contributed by atoms with Crippen molar-refractivity contribution in [1.82, 2.24) is 5.32 Å². The van der Waals surface area contributed by atoms with Gasteiger partial charge in [0.2, 0.25) is 0 Å². The minimum atomic E-state index is -0.386. The molecule has 1 atom stereocenters. The number of nitrogens with one attached hydrogen (secondary N) is 1. The first-order valence-electron chi connectivity index (χ1n) is 7.74. The molecule has 1 amide bonds. The molecule has 0 aromatic carbocycles. The van der Waals surface area contributed by atoms with Gasteiger partial charge in [0.1, 0.15) is 0 Å². The van der Waals surface area contributed by atoms with Crippen LogP contribution in [0.2, 0.25) is 0 Å². The Balaban J connectivity index is 1.53. The first-order chi connectivity index (χ1) is 11.1. The first-order valence-corrected chi connectivity index (χ1v) is 9.50. The lowest BCUT2D eigenvalue weighted by molar-refractivity contribution is -0.124. The Hall–Kier alpha value is -1.66. The van der Waals surface area contributed by atoms with Gasteiger partial charge in [-0.05, 0) is 49.6 Å². The van der Waals surface area contributed by atoms with Crippen LogP contribution in [0.25, 0.3) is 0 Å². The molecule has 0 fully saturated rings. The molecule has 2 heterocycles. The third-order valence-electron chi connectivity index (χ3n) is 3.96. The van der Waals surface area contributed by atoms with E-state index < -0.39 is 0 Å². The van der Waals surface area contributed by atoms with Crippen LogP contribution in [0.3, 0.4) is 0 Å². The Morgan fingerprint density at radius 1 is 1.30 bits per heavy atom. The van der Waals surface area contributed by atoms with Crippen LogP contribution in [0.5, 0.6) is 0 Å². The summed E-state index contributed by atoms with van der Waals surface area (Å²) in [4.78, 5) is 26.5. The van der Waals surface area contributed by atoms with E-state index in [2.05, 4.69) is 5.32 Å². The summed E-state index contributed by atoms with van der Waals surface area (Å²) in [5.74, 6) is -0.660. The number of fused-ring (bicyclic) bond motifs is 1. The molecule has 0 radical (unpaired) electrons. The Morgan fingerprint density at radius 2 is 2.13 bits per heavy atom. The van der Waals surface area contributed by atoms with Crippen molar-refractivity contribution in [3.05, 3.63) is 43.8 Å². The predicted molar refractivity (Wildman–Crippen MR) is 92.1 cm³/mol. The van der Waals surface area contributed by atoms with Gasteiger partial charge in [-0.3, -0.25) is 4.79 Å². The normalized spacial score (nSPS) is 14.8. The Bertz CT molecular complexity index is 691. The van der Waals surface area contributed by atoms with Crippen molar-refractivity contribution in [1.29, 1.82) is 0 Å². The average molecular weight is 349 g/mol. The number of carbonyl (C=O) groups excluding carboxylic acids is 2. The highest BCUT2D eigenvalue weighted by molar-refractivity contribution is 7.10. The van der Waals surface area contributed by atoms with Crippen LogP contribution in [0.15, 0.2) is 22.9 Å². The van der Waals surface area contributed by atoms with Crippen LogP contribution in [-0.4, -0.2) is 18.5 Å². The molecule has 3 rings (SSSR count). The van der Waals surface area contributed by atoms with Gasteiger partial charge in [0.25, 0.3) is 5.91 Å². The zero-order chi connectivity index (χ0) is 16.2. The maximum absolute atomic E-state index is 12.2. The number of thiophene rings is 2. The smallest absolute Gasteiger partial charge is 0.339 e. The topological polar surface area (TPSA) is 55.4 Å². The summed E-state index contributed by atoms with van der Waals surface area (Å²) in [6.07, 6.45) is 4.28. The number of hydrogen-bond donors (Lipinski definition) is 1. The van der Waals surface area contributed by atoms with Gasteiger partial charge in [0.15, 0.2) is 6.61 Å². The molecule has 0 spiro atoms. The van der Waals surface area contributed by atoms with Crippen molar-refractivity contribution in [2.24, 2.45) is 0 Å². The van der Waals surface area contributed by atoms with Crippen molar-refractivity contribution in [3.8, 4) is 0 Å². The quantitative estimate of drug-likeness (QED) is 0.837. The van der Waals surface area contributed by atoms with E-state index in [0.29, 0.717) is 5.56 Å². The Labute approximate surface area is 143 Å². The average Bonchev–Trinajstić information content (AvgIpc) is 3.22. The number of aryl methyl sites for hydroxylation is 1. The zero-order valence-electron chi connectivity index (χ0n) is 13.0. The minimum Gasteiger partial charge on any atom is -0.452 e. The van der Waals surface area contributed by atoms with Crippen LogP contribution >= 0.6 is 22.7 Å². The molecular weight excluding hydrogens is 330 g/mol. The zero-order valence-corrected chi connectivity index (χ0v) is 14.6. The monoisotopic (exact) mass is 349 g/mol. The van der Waals surface area contributed by atoms with Crippen molar-refractivity contribution in [2.45, 2.75) is 38.6 Å². The van der Waals surface area contributed by atoms with E-state index in [9.17, 15) is 9.59 Å². The third kappa shape index (κ3) is 3.82. The summed E-state index contributed by atoms with van der Waals surface area (Å²) in [5.41, 5.74) is 1.77. The summed E-state index contributed by atoms with van der Waals surface area (Å²) in [5, 5.41) is 6.68. The summed E-state index contributed by atoms with van der Waals surface area (Å²) in [6, 6.07) is 3.84. The van der Waals surface area contributed by atoms with Gasteiger partial charge < -0.3 is 10.1 Å². The molecule has 0 saturated heterocycles. The van der Waals surface area contributed by atoms with Crippen LogP contribution in [0.1, 0.15) is 51.5 Å². The van der Waals surface area contributed by atoms with Crippen LogP contribution in [-0.2, 0) is 22.4 Å². The fourth-order valence-electron chi connectivity index (χ4n) is 2.77. The standard InChI is InChI=1S/C17H19NO3S2/c1-11(14-7-4-8-22-14)18-16(19)9-21-17(20)13-10-23-15-6-3-2-5-12(13)15/h4,7-8,10-11H,2-3,5-6,9H2,1H3,(H,18,19)/t11-/m0/s1. The van der Waals surface area contributed by atoms with Crippen molar-refractivity contribution in [3.63, 3.8) is 0 Å². The highest BCUT2D eigenvalue weighted by Gasteiger charge is 2.22. The van der Waals surface area contributed by atoms with Gasteiger partial charge >= 0.3 is 5.97 Å². The Morgan fingerprint density at radius 3 is 2.91 bits per heavy atom. The van der Waals surface area contributed by atoms with Gasteiger partial charge in [-0.2, -0.15) is 0 Å². The molecular formula is C17H19NO3S2. The number of amides is 1. The number of carbonyl (C=O) groups is 2. The molecule has 0 unspecified atom stereocenters. The SMILES string of the molecule is C[C@H](NC(=O)COC(=O)c1csc2c1CCCC2)c1cccs1. The fourth-order valence-corrected chi connectivity index (χ4v) is 4.62. The Kier molecular flexibility index (Phi) is 5.13. The van der Waals surface area contributed by atoms with Crippen LogP contribution < -0.4 is 5.32 Å². The maximum Gasteiger partial charge on any atom is 0.339 e. The van der Waals surface area contributed by atoms with E-state index in [1.807, 2.05) is 29.8 Å². The molecule has 1 aliphatic carbocycles. The highest BCUT2D eigenvalue weighted by Crippen LogP contribution is 2.30. The number of hydrogen-bond acceptors (Lipinski definition) is 5. The molecule has 6 heteroatoms. The lowest BCUT2D eigenvalue weighted by atomic mass is 9.96. The second kappa shape index (κ2) is 7.27. The van der Waals surface area contributed by atoms with Crippen molar-refractivity contribution >= 4 is 34.6 Å². The fraction of sp³-hybridized carbons (Fsp3) is 0.412. The summed E-state index contributed by atoms with van der Waals surface area (Å²) in [7, 11) is 0. The van der Waals surface area contributed by atoms with Gasteiger partial charge in [0.05, 0.1) is 11.6 Å². The second-order valence-electron chi connectivity index (χ2n) is 5.64. The molecule has 0 aliphatic heterocycles. The number of rotatable bonds is 5. The van der Waals surface area contributed by atoms with Gasteiger partial charge in [-0.25, -0.2) is 4.79 Å². The van der Waals surface area contributed by atoms with E-state index in [-0.39, 0.29) is 24.5 Å². The third-order valence-corrected chi connectivity index (χ3v) is 6.11. The summed E-state index contributed by atoms with van der Waals surface area (Å²) < 4.78 is 5.19. The van der Waals surface area contributed by atoms with Gasteiger partial charge in [0, 0.05) is 15.1 Å². The molecule has 1 N–H and O–H groups in total. The van der Waals surface area contributed by atoms with Gasteiger partial charge in [-0.15, -0.1) is 22.7 Å². The molecule has 4 nitrogen and oxygen atoms in total. The van der Waals surface area contributed by atoms with Crippen molar-refractivity contribution in [2.75, 3.05) is 6.61 Å². The minimum absolute atomic E-state index is 0.0740. The summed E-state index contributed by atoms with van der Waals surface area (Å²) >= 11 is 3.21. The van der Waals surface area contributed by atoms with Crippen LogP contribution in [0.4, 0.5) is 0 Å². The molecule has 1 aliphatic rings. The predicted octanol–water partition coefficient (Wildman–Crippen LogP) is 3.72. The molecule has 0 bridgehead atoms. The van der Waals surface area contributed by atoms with E-state index in [4.69, 9.17) is 4.74 Å². The van der Waals surface area contributed by atoms with Gasteiger partial charge in [-0.1, -0.05) is 6.07 Å². The molecule has 2 aromatic heterocycles. The molecule has 23 heavy (non-hydrogen) atoms. The van der Waals surface area contributed by atoms with E-state index >= 15 is 0 Å².